The minimum absolute atomic E-state index is 0.0241. The molecule has 1 N–H and O–H groups in total. The number of non-ortho nitro benzene ring substituents is 1. The van der Waals surface area contributed by atoms with Crippen LogP contribution >= 0.6 is 23.2 Å². The fraction of sp³-hybridized carbons (Fsp3) is 0.105. The van der Waals surface area contributed by atoms with E-state index in [0.717, 1.165) is 13.2 Å². The average molecular weight is 475 g/mol. The van der Waals surface area contributed by atoms with Gasteiger partial charge in [0.1, 0.15) is 11.7 Å². The van der Waals surface area contributed by atoms with E-state index in [9.17, 15) is 19.7 Å². The highest BCUT2D eigenvalue weighted by atomic mass is 35.5. The molecule has 0 aliphatic carbocycles. The second-order valence-corrected chi connectivity index (χ2v) is 7.40. The molecule has 162 valence electrons. The second kappa shape index (κ2) is 8.36. The number of nitro groups is 1. The van der Waals surface area contributed by atoms with Crippen molar-refractivity contribution in [2.24, 2.45) is 0 Å². The summed E-state index contributed by atoms with van der Waals surface area (Å²) in [6.45, 7) is 0. The monoisotopic (exact) mass is 474 g/mol. The number of anilines is 1. The number of esters is 1. The number of halogens is 2. The third-order valence-electron chi connectivity index (χ3n) is 4.73. The number of nitrogens with zero attached hydrogens (tertiary/aromatic N) is 5. The predicted octanol–water partition coefficient (Wildman–Crippen LogP) is 3.21. The van der Waals surface area contributed by atoms with Crippen molar-refractivity contribution in [3.05, 3.63) is 85.0 Å². The molecule has 0 spiro atoms. The topological polar surface area (TPSA) is 142 Å². The summed E-state index contributed by atoms with van der Waals surface area (Å²) < 4.78 is 6.11. The number of hydrogen-bond acceptors (Lipinski definition) is 9. The van der Waals surface area contributed by atoms with Gasteiger partial charge in [-0.15, -0.1) is 0 Å². The van der Waals surface area contributed by atoms with E-state index in [4.69, 9.17) is 27.9 Å². The van der Waals surface area contributed by atoms with Gasteiger partial charge in [-0.3, -0.25) is 14.9 Å². The number of fused-ring (bicyclic) bond motifs is 1. The Hall–Kier alpha value is -3.83. The van der Waals surface area contributed by atoms with E-state index in [1.165, 1.54) is 28.9 Å². The van der Waals surface area contributed by atoms with Crippen LogP contribution in [0.3, 0.4) is 0 Å². The number of methoxy groups -OCH3 is 1. The van der Waals surface area contributed by atoms with E-state index in [0.29, 0.717) is 10.6 Å². The lowest BCUT2D eigenvalue weighted by atomic mass is 9.89. The van der Waals surface area contributed by atoms with Crippen molar-refractivity contribution in [1.29, 1.82) is 0 Å². The van der Waals surface area contributed by atoms with Gasteiger partial charge in [-0.05, 0) is 22.6 Å². The first-order valence-electron chi connectivity index (χ1n) is 8.93. The Morgan fingerprint density at radius 2 is 2.00 bits per heavy atom. The van der Waals surface area contributed by atoms with Crippen LogP contribution in [0.15, 0.2) is 53.7 Å². The molecule has 0 radical (unpaired) electrons. The van der Waals surface area contributed by atoms with Gasteiger partial charge in [0.2, 0.25) is 5.95 Å². The summed E-state index contributed by atoms with van der Waals surface area (Å²) in [4.78, 5) is 36.8. The minimum atomic E-state index is -1.05. The smallest absolute Gasteiger partial charge is 0.355 e. The molecule has 0 fully saturated rings. The average Bonchev–Trinajstić information content (AvgIpc) is 3.25. The molecule has 1 atom stereocenters. The first kappa shape index (κ1) is 21.4. The maximum absolute atomic E-state index is 13.6. The van der Waals surface area contributed by atoms with Crippen LogP contribution in [0.2, 0.25) is 10.0 Å². The van der Waals surface area contributed by atoms with Crippen LogP contribution in [-0.2, 0) is 9.53 Å². The van der Waals surface area contributed by atoms with Crippen molar-refractivity contribution in [3.8, 4) is 0 Å². The summed E-state index contributed by atoms with van der Waals surface area (Å²) in [6, 6.07) is 8.67. The van der Waals surface area contributed by atoms with Crippen molar-refractivity contribution in [2.75, 3.05) is 12.4 Å². The maximum atomic E-state index is 13.6. The predicted molar refractivity (Wildman–Crippen MR) is 113 cm³/mol. The summed E-state index contributed by atoms with van der Waals surface area (Å²) in [5, 5.41) is 25.8. The molecule has 11 nitrogen and oxygen atoms in total. The molecule has 0 saturated heterocycles. The lowest BCUT2D eigenvalue weighted by Crippen LogP contribution is -2.33. The fourth-order valence-electron chi connectivity index (χ4n) is 3.32. The zero-order valence-corrected chi connectivity index (χ0v) is 17.7. The number of carbonyl (C=O) groups is 2. The van der Waals surface area contributed by atoms with Gasteiger partial charge in [0.25, 0.3) is 5.69 Å². The van der Waals surface area contributed by atoms with Gasteiger partial charge in [0.15, 0.2) is 5.78 Å². The van der Waals surface area contributed by atoms with E-state index >= 15 is 0 Å². The van der Waals surface area contributed by atoms with Gasteiger partial charge < -0.3 is 10.1 Å². The van der Waals surface area contributed by atoms with E-state index in [1.807, 2.05) is 0 Å². The zero-order valence-electron chi connectivity index (χ0n) is 16.2. The largest absolute Gasteiger partial charge is 0.464 e. The van der Waals surface area contributed by atoms with Crippen molar-refractivity contribution >= 4 is 46.6 Å². The minimum Gasteiger partial charge on any atom is -0.464 e. The molecule has 1 aliphatic heterocycles. The number of carbonyl (C=O) groups excluding carboxylic acids is 2. The van der Waals surface area contributed by atoms with Crippen LogP contribution < -0.4 is 5.32 Å². The zero-order chi connectivity index (χ0) is 23.0. The van der Waals surface area contributed by atoms with Crippen molar-refractivity contribution in [1.82, 2.24) is 20.2 Å². The van der Waals surface area contributed by atoms with Gasteiger partial charge in [-0.25, -0.2) is 4.79 Å². The Morgan fingerprint density at radius 3 is 2.69 bits per heavy atom. The molecule has 0 saturated carbocycles. The molecule has 13 heteroatoms. The third kappa shape index (κ3) is 3.67. The Labute approximate surface area is 189 Å². The quantitative estimate of drug-likeness (QED) is 0.255. The third-order valence-corrected chi connectivity index (χ3v) is 5.29. The number of Topliss-reactive ketones (excluding diaryl/α,β-unsaturated/α-hetero) is 1. The summed E-state index contributed by atoms with van der Waals surface area (Å²) in [7, 11) is 1.15. The fourth-order valence-corrected chi connectivity index (χ4v) is 3.83. The number of benzene rings is 2. The van der Waals surface area contributed by atoms with Gasteiger partial charge in [-0.2, -0.15) is 4.68 Å². The Morgan fingerprint density at radius 1 is 1.22 bits per heavy atom. The van der Waals surface area contributed by atoms with Crippen LogP contribution in [0, 0.1) is 10.1 Å². The summed E-state index contributed by atoms with van der Waals surface area (Å²) in [6.07, 6.45) is 0. The van der Waals surface area contributed by atoms with Crippen LogP contribution in [0.1, 0.15) is 22.0 Å². The molecule has 0 amide bonds. The van der Waals surface area contributed by atoms with E-state index in [1.54, 1.807) is 12.1 Å². The van der Waals surface area contributed by atoms with Gasteiger partial charge in [0, 0.05) is 33.3 Å². The number of ketones is 1. The lowest BCUT2D eigenvalue weighted by molar-refractivity contribution is -0.384. The highest BCUT2D eigenvalue weighted by Crippen LogP contribution is 2.40. The lowest BCUT2D eigenvalue weighted by Gasteiger charge is -2.28. The number of tetrazole rings is 1. The molecule has 1 aromatic heterocycles. The number of hydrogen-bond donors (Lipinski definition) is 1. The Balaban J connectivity index is 1.98. The number of nitro benzene ring substituents is 1. The van der Waals surface area contributed by atoms with E-state index in [2.05, 4.69) is 20.8 Å². The number of rotatable bonds is 5. The SMILES string of the molecule is COC(=O)C1=C(C(=O)c2cccc([N+](=O)[O-])c2)[C@H](c2ccc(Cl)cc2Cl)n2nnnc2N1. The number of ether oxygens (including phenoxy) is 1. The van der Waals surface area contributed by atoms with E-state index in [-0.39, 0.29) is 33.5 Å². The van der Waals surface area contributed by atoms with Crippen LogP contribution in [0.25, 0.3) is 0 Å². The summed E-state index contributed by atoms with van der Waals surface area (Å²) in [5.41, 5.74) is -0.266. The summed E-state index contributed by atoms with van der Waals surface area (Å²) in [5.74, 6) is -1.47. The van der Waals surface area contributed by atoms with Crippen molar-refractivity contribution in [3.63, 3.8) is 0 Å². The van der Waals surface area contributed by atoms with Crippen LogP contribution in [0.4, 0.5) is 11.6 Å². The molecule has 2 aromatic carbocycles. The number of aromatic nitrogens is 4. The molecule has 0 bridgehead atoms. The van der Waals surface area contributed by atoms with Crippen molar-refractivity contribution in [2.45, 2.75) is 6.04 Å². The molecule has 32 heavy (non-hydrogen) atoms. The van der Waals surface area contributed by atoms with Crippen LogP contribution in [-0.4, -0.2) is 44.0 Å². The Bertz CT molecular complexity index is 1300. The van der Waals surface area contributed by atoms with E-state index < -0.39 is 22.7 Å². The number of nitrogens with one attached hydrogen (secondary N) is 1. The molecular weight excluding hydrogens is 463 g/mol. The molecular formula is C19H12Cl2N6O5. The molecule has 3 aromatic rings. The van der Waals surface area contributed by atoms with Crippen LogP contribution in [0.5, 0.6) is 0 Å². The highest BCUT2D eigenvalue weighted by Gasteiger charge is 2.39. The summed E-state index contributed by atoms with van der Waals surface area (Å²) >= 11 is 12.4. The molecule has 1 aliphatic rings. The molecule has 0 unspecified atom stereocenters. The molecule has 4 rings (SSSR count). The molecule has 2 heterocycles. The Kier molecular flexibility index (Phi) is 5.59. The highest BCUT2D eigenvalue weighted by molar-refractivity contribution is 6.35. The van der Waals surface area contributed by atoms with Crippen molar-refractivity contribution < 1.29 is 19.2 Å². The van der Waals surface area contributed by atoms with Gasteiger partial charge in [0.05, 0.1) is 17.6 Å². The first-order valence-corrected chi connectivity index (χ1v) is 9.69. The maximum Gasteiger partial charge on any atom is 0.355 e. The normalized spacial score (nSPS) is 15.0. The van der Waals surface area contributed by atoms with Gasteiger partial charge >= 0.3 is 5.97 Å². The first-order chi connectivity index (χ1) is 15.3. The number of allylic oxidation sites excluding steroid dienone is 1. The standard InChI is InChI=1S/C19H12Cl2N6O5/c1-32-18(29)15-14(17(28)9-3-2-4-11(7-9)27(30)31)16(26-19(22-15)23-24-25-26)12-6-5-10(20)8-13(12)21/h2-8,16H,1H3,(H,22,23,25)/t16-/m0/s1. The second-order valence-electron chi connectivity index (χ2n) is 6.56. The van der Waals surface area contributed by atoms with Gasteiger partial charge in [-0.1, -0.05) is 46.5 Å².